The predicted molar refractivity (Wildman–Crippen MR) is 66.3 cm³/mol. The van der Waals surface area contributed by atoms with E-state index in [0.29, 0.717) is 11.1 Å². The normalized spacial score (nSPS) is 10.4. The molecule has 2 aromatic carbocycles. The van der Waals surface area contributed by atoms with Crippen molar-refractivity contribution in [3.63, 3.8) is 0 Å². The Bertz CT molecular complexity index is 591. The molecule has 0 aliphatic rings. The first kappa shape index (κ1) is 12.4. The van der Waals surface area contributed by atoms with Gasteiger partial charge in [-0.3, -0.25) is 0 Å². The Morgan fingerprint density at radius 3 is 2.67 bits per heavy atom. The number of rotatable bonds is 3. The molecule has 0 saturated carbocycles. The van der Waals surface area contributed by atoms with Crippen molar-refractivity contribution in [3.05, 3.63) is 59.2 Å². The summed E-state index contributed by atoms with van der Waals surface area (Å²) in [6.45, 7) is 1.81. The molecule has 0 N–H and O–H groups in total. The zero-order chi connectivity index (χ0) is 13.1. The van der Waals surface area contributed by atoms with Crippen LogP contribution in [0.1, 0.15) is 11.1 Å². The van der Waals surface area contributed by atoms with E-state index in [1.165, 1.54) is 0 Å². The Labute approximate surface area is 104 Å². The van der Waals surface area contributed by atoms with Gasteiger partial charge in [0, 0.05) is 12.0 Å². The molecule has 0 radical (unpaired) electrons. The van der Waals surface area contributed by atoms with E-state index in [1.807, 2.05) is 13.0 Å². The lowest BCUT2D eigenvalue weighted by Crippen LogP contribution is -1.96. The topological polar surface area (TPSA) is 17.1 Å². The summed E-state index contributed by atoms with van der Waals surface area (Å²) in [6.07, 6.45) is 0.947. The van der Waals surface area contributed by atoms with Crippen LogP contribution in [0.2, 0.25) is 0 Å². The van der Waals surface area contributed by atoms with Gasteiger partial charge in [-0.1, -0.05) is 18.2 Å². The molecule has 2 rings (SSSR count). The summed E-state index contributed by atoms with van der Waals surface area (Å²) >= 11 is 0. The van der Waals surface area contributed by atoms with E-state index in [-0.39, 0.29) is 12.0 Å². The molecule has 0 aliphatic carbocycles. The quantitative estimate of drug-likeness (QED) is 0.755. The number of benzene rings is 2. The first-order valence-corrected chi connectivity index (χ1v) is 5.61. The zero-order valence-corrected chi connectivity index (χ0v) is 9.91. The molecule has 0 aliphatic heterocycles. The van der Waals surface area contributed by atoms with Crippen molar-refractivity contribution in [1.29, 1.82) is 0 Å². The largest absolute Gasteiger partial charge is 0.303 e. The summed E-state index contributed by atoms with van der Waals surface area (Å²) in [5.41, 5.74) is 2.32. The van der Waals surface area contributed by atoms with Crippen molar-refractivity contribution < 1.29 is 13.6 Å². The highest BCUT2D eigenvalue weighted by molar-refractivity contribution is 5.74. The minimum Gasteiger partial charge on any atom is -0.303 e. The smallest absolute Gasteiger partial charge is 0.131 e. The van der Waals surface area contributed by atoms with Gasteiger partial charge in [0.1, 0.15) is 17.9 Å². The first-order valence-electron chi connectivity index (χ1n) is 5.61. The van der Waals surface area contributed by atoms with Gasteiger partial charge < -0.3 is 4.79 Å². The molecule has 0 heterocycles. The highest BCUT2D eigenvalue weighted by Gasteiger charge is 2.13. The molecule has 0 saturated heterocycles. The van der Waals surface area contributed by atoms with Crippen LogP contribution < -0.4 is 0 Å². The summed E-state index contributed by atoms with van der Waals surface area (Å²) in [4.78, 5) is 10.7. The number of hydrogen-bond acceptors (Lipinski definition) is 1. The van der Waals surface area contributed by atoms with Crippen LogP contribution in [0.4, 0.5) is 8.78 Å². The van der Waals surface area contributed by atoms with Crippen LogP contribution in [0, 0.1) is 18.6 Å². The van der Waals surface area contributed by atoms with Crippen molar-refractivity contribution in [2.75, 3.05) is 0 Å². The van der Waals surface area contributed by atoms with Crippen LogP contribution >= 0.6 is 0 Å². The van der Waals surface area contributed by atoms with Crippen LogP contribution in [0.5, 0.6) is 0 Å². The van der Waals surface area contributed by atoms with E-state index in [0.717, 1.165) is 30.0 Å². The van der Waals surface area contributed by atoms with E-state index in [1.54, 1.807) is 12.1 Å². The van der Waals surface area contributed by atoms with Crippen molar-refractivity contribution in [3.8, 4) is 11.1 Å². The standard InChI is InChI=1S/C15H12F2O/c1-10-3-2-4-11(7-8-18)15(10)13-9-12(16)5-6-14(13)17/h2-6,8-9H,7H2,1H3. The monoisotopic (exact) mass is 246 g/mol. The average molecular weight is 246 g/mol. The molecule has 92 valence electrons. The SMILES string of the molecule is Cc1cccc(CC=O)c1-c1cc(F)ccc1F. The Morgan fingerprint density at radius 1 is 1.17 bits per heavy atom. The molecule has 0 unspecified atom stereocenters. The van der Waals surface area contributed by atoms with Crippen LogP contribution in [0.15, 0.2) is 36.4 Å². The fraction of sp³-hybridized carbons (Fsp3) is 0.133. The second kappa shape index (κ2) is 5.08. The summed E-state index contributed by atoms with van der Waals surface area (Å²) < 4.78 is 27.0. The van der Waals surface area contributed by atoms with Gasteiger partial charge in [-0.15, -0.1) is 0 Å². The molecule has 0 aromatic heterocycles. The lowest BCUT2D eigenvalue weighted by molar-refractivity contribution is -0.107. The van der Waals surface area contributed by atoms with Gasteiger partial charge in [0.25, 0.3) is 0 Å². The zero-order valence-electron chi connectivity index (χ0n) is 9.91. The molecule has 0 bridgehead atoms. The maximum absolute atomic E-state index is 13.8. The molecule has 18 heavy (non-hydrogen) atoms. The molecular weight excluding hydrogens is 234 g/mol. The van der Waals surface area contributed by atoms with Gasteiger partial charge in [-0.05, 0) is 41.8 Å². The second-order valence-corrected chi connectivity index (χ2v) is 4.10. The number of hydrogen-bond donors (Lipinski definition) is 0. The molecule has 1 nitrogen and oxygen atoms in total. The molecule has 0 fully saturated rings. The summed E-state index contributed by atoms with van der Waals surface area (Å²) in [5.74, 6) is -0.982. The number of carbonyl (C=O) groups excluding carboxylic acids is 1. The average Bonchev–Trinajstić information content (AvgIpc) is 2.34. The van der Waals surface area contributed by atoms with Crippen molar-refractivity contribution in [1.82, 2.24) is 0 Å². The highest BCUT2D eigenvalue weighted by atomic mass is 19.1. The van der Waals surface area contributed by atoms with Gasteiger partial charge in [0.2, 0.25) is 0 Å². The minimum absolute atomic E-state index is 0.187. The van der Waals surface area contributed by atoms with E-state index in [9.17, 15) is 13.6 Å². The summed E-state index contributed by atoms with van der Waals surface area (Å²) in [6, 6.07) is 8.70. The first-order chi connectivity index (χ1) is 8.63. The van der Waals surface area contributed by atoms with E-state index < -0.39 is 11.6 Å². The highest BCUT2D eigenvalue weighted by Crippen LogP contribution is 2.30. The predicted octanol–water partition coefficient (Wildman–Crippen LogP) is 3.68. The molecular formula is C15H12F2O. The maximum Gasteiger partial charge on any atom is 0.131 e. The van der Waals surface area contributed by atoms with Crippen LogP contribution in [-0.4, -0.2) is 6.29 Å². The summed E-state index contributed by atoms with van der Waals surface area (Å²) in [5, 5.41) is 0. The molecule has 0 amide bonds. The Morgan fingerprint density at radius 2 is 1.94 bits per heavy atom. The third kappa shape index (κ3) is 2.30. The van der Waals surface area contributed by atoms with E-state index >= 15 is 0 Å². The van der Waals surface area contributed by atoms with E-state index in [2.05, 4.69) is 0 Å². The van der Waals surface area contributed by atoms with Gasteiger partial charge >= 0.3 is 0 Å². The van der Waals surface area contributed by atoms with Crippen LogP contribution in [0.3, 0.4) is 0 Å². The molecule has 3 heteroatoms. The summed E-state index contributed by atoms with van der Waals surface area (Å²) in [7, 11) is 0. The van der Waals surface area contributed by atoms with Crippen LogP contribution in [0.25, 0.3) is 11.1 Å². The maximum atomic E-state index is 13.8. The number of carbonyl (C=O) groups is 1. The fourth-order valence-electron chi connectivity index (χ4n) is 2.06. The van der Waals surface area contributed by atoms with Gasteiger partial charge in [0.15, 0.2) is 0 Å². The number of aldehydes is 1. The van der Waals surface area contributed by atoms with Gasteiger partial charge in [-0.2, -0.15) is 0 Å². The molecule has 0 spiro atoms. The van der Waals surface area contributed by atoms with Gasteiger partial charge in [-0.25, -0.2) is 8.78 Å². The fourth-order valence-corrected chi connectivity index (χ4v) is 2.06. The van der Waals surface area contributed by atoms with Crippen molar-refractivity contribution >= 4 is 6.29 Å². The van der Waals surface area contributed by atoms with Gasteiger partial charge in [0.05, 0.1) is 0 Å². The third-order valence-corrected chi connectivity index (χ3v) is 2.86. The van der Waals surface area contributed by atoms with Crippen molar-refractivity contribution in [2.45, 2.75) is 13.3 Å². The minimum atomic E-state index is -0.494. The van der Waals surface area contributed by atoms with E-state index in [4.69, 9.17) is 0 Å². The second-order valence-electron chi connectivity index (χ2n) is 4.10. The molecule has 2 aromatic rings. The lowest BCUT2D eigenvalue weighted by Gasteiger charge is -2.12. The Balaban J connectivity index is 2.69. The third-order valence-electron chi connectivity index (χ3n) is 2.86. The Kier molecular flexibility index (Phi) is 3.51. The Hall–Kier alpha value is -2.03. The van der Waals surface area contributed by atoms with Crippen LogP contribution in [-0.2, 0) is 11.2 Å². The van der Waals surface area contributed by atoms with Crippen molar-refractivity contribution in [2.24, 2.45) is 0 Å². The lowest BCUT2D eigenvalue weighted by atomic mass is 9.93. The molecule has 0 atom stereocenters. The number of aryl methyl sites for hydroxylation is 1. The number of halogens is 2.